The van der Waals surface area contributed by atoms with E-state index in [4.69, 9.17) is 11.6 Å². The van der Waals surface area contributed by atoms with E-state index in [1.807, 2.05) is 19.3 Å². The van der Waals surface area contributed by atoms with Crippen molar-refractivity contribution in [2.45, 2.75) is 31.7 Å². The summed E-state index contributed by atoms with van der Waals surface area (Å²) in [6, 6.07) is 5.49. The molecule has 0 unspecified atom stereocenters. The maximum absolute atomic E-state index is 12.5. The first-order chi connectivity index (χ1) is 13.9. The molecule has 8 nitrogen and oxygen atoms in total. The number of nitrogens with zero attached hydrogens (tertiary/aromatic N) is 4. The normalized spacial score (nSPS) is 19.9. The van der Waals surface area contributed by atoms with E-state index in [9.17, 15) is 8.42 Å². The van der Waals surface area contributed by atoms with E-state index in [1.54, 1.807) is 18.5 Å². The molecule has 0 aliphatic heterocycles. The molecule has 0 radical (unpaired) electrons. The van der Waals surface area contributed by atoms with Crippen molar-refractivity contribution in [3.63, 3.8) is 0 Å². The molecule has 0 aromatic carbocycles. The van der Waals surface area contributed by atoms with Gasteiger partial charge in [-0.2, -0.15) is 0 Å². The highest BCUT2D eigenvalue weighted by molar-refractivity contribution is 7.92. The van der Waals surface area contributed by atoms with E-state index in [0.717, 1.165) is 42.5 Å². The van der Waals surface area contributed by atoms with Gasteiger partial charge in [0.2, 0.25) is 10.0 Å². The number of rotatable bonds is 6. The van der Waals surface area contributed by atoms with Gasteiger partial charge < -0.3 is 9.88 Å². The second-order valence-electron chi connectivity index (χ2n) is 7.48. The molecule has 2 N–H and O–H groups in total. The summed E-state index contributed by atoms with van der Waals surface area (Å²) in [5.74, 6) is 1.15. The van der Waals surface area contributed by atoms with Crippen molar-refractivity contribution < 1.29 is 8.42 Å². The zero-order valence-electron chi connectivity index (χ0n) is 16.0. The average molecular weight is 435 g/mol. The molecule has 0 bridgehead atoms. The molecule has 10 heteroatoms. The number of aromatic nitrogens is 4. The van der Waals surface area contributed by atoms with E-state index < -0.39 is 10.0 Å². The van der Waals surface area contributed by atoms with Crippen molar-refractivity contribution in [3.8, 4) is 0 Å². The smallest absolute Gasteiger partial charge is 0.233 e. The molecule has 1 aliphatic rings. The molecule has 0 amide bonds. The summed E-state index contributed by atoms with van der Waals surface area (Å²) in [5, 5.41) is 1.33. The molecule has 1 saturated carbocycles. The number of H-pyrrole nitrogens is 1. The molecule has 3 aromatic heterocycles. The molecular formula is C19H23ClN6O2S. The lowest BCUT2D eigenvalue weighted by Gasteiger charge is -2.35. The Morgan fingerprint density at radius 1 is 1.17 bits per heavy atom. The van der Waals surface area contributed by atoms with Crippen LogP contribution in [-0.2, 0) is 10.0 Å². The number of hydrogen-bond acceptors (Lipinski definition) is 6. The molecule has 29 heavy (non-hydrogen) atoms. The number of halogens is 1. The Balaban J connectivity index is 1.35. The standard InChI is InChI=1S/C19H23ClN6O2S/c1-26(19-16-8-9-21-18(16)23-12-24-19)15-5-2-13(3-6-15)11-29(27,28)25-14-4-7-17(20)22-10-14/h4,7-10,12-13,15,25H,2-3,5-6,11H2,1H3,(H,21,23,24)/t13-,15-. The maximum atomic E-state index is 12.5. The lowest BCUT2D eigenvalue weighted by molar-refractivity contribution is 0.341. The van der Waals surface area contributed by atoms with Crippen LogP contribution in [0.4, 0.5) is 11.5 Å². The predicted octanol–water partition coefficient (Wildman–Crippen LogP) is 3.44. The van der Waals surface area contributed by atoms with Gasteiger partial charge in [0.25, 0.3) is 0 Å². The number of pyridine rings is 1. The van der Waals surface area contributed by atoms with E-state index in [0.29, 0.717) is 16.9 Å². The first-order valence-electron chi connectivity index (χ1n) is 9.54. The monoisotopic (exact) mass is 434 g/mol. The quantitative estimate of drug-likeness (QED) is 0.576. The van der Waals surface area contributed by atoms with Crippen LogP contribution in [0.1, 0.15) is 25.7 Å². The summed E-state index contributed by atoms with van der Waals surface area (Å²) in [4.78, 5) is 17.9. The highest BCUT2D eigenvalue weighted by atomic mass is 35.5. The zero-order valence-corrected chi connectivity index (χ0v) is 17.6. The third-order valence-electron chi connectivity index (χ3n) is 5.49. The lowest BCUT2D eigenvalue weighted by atomic mass is 9.86. The Labute approximate surface area is 174 Å². The molecule has 4 rings (SSSR count). The fourth-order valence-corrected chi connectivity index (χ4v) is 5.61. The fraction of sp³-hybridized carbons (Fsp3) is 0.421. The van der Waals surface area contributed by atoms with Crippen molar-refractivity contribution >= 4 is 44.2 Å². The summed E-state index contributed by atoms with van der Waals surface area (Å²) in [5.41, 5.74) is 1.26. The second-order valence-corrected chi connectivity index (χ2v) is 9.63. The van der Waals surface area contributed by atoms with Crippen molar-refractivity contribution in [1.82, 2.24) is 19.9 Å². The van der Waals surface area contributed by atoms with E-state index in [-0.39, 0.29) is 11.7 Å². The molecular weight excluding hydrogens is 412 g/mol. The van der Waals surface area contributed by atoms with Crippen LogP contribution in [0.5, 0.6) is 0 Å². The number of anilines is 2. The Kier molecular flexibility index (Phi) is 5.60. The zero-order chi connectivity index (χ0) is 20.4. The summed E-state index contributed by atoms with van der Waals surface area (Å²) in [6.45, 7) is 0. The topological polar surface area (TPSA) is 104 Å². The van der Waals surface area contributed by atoms with Crippen LogP contribution in [0, 0.1) is 5.92 Å². The van der Waals surface area contributed by atoms with Crippen LogP contribution in [0.2, 0.25) is 5.15 Å². The first-order valence-corrected chi connectivity index (χ1v) is 11.6. The van der Waals surface area contributed by atoms with Crippen LogP contribution in [0.25, 0.3) is 11.0 Å². The second kappa shape index (κ2) is 8.16. The van der Waals surface area contributed by atoms with Gasteiger partial charge in [0, 0.05) is 19.3 Å². The molecule has 3 heterocycles. The van der Waals surface area contributed by atoms with E-state index >= 15 is 0 Å². The molecule has 1 fully saturated rings. The summed E-state index contributed by atoms with van der Waals surface area (Å²) >= 11 is 5.75. The van der Waals surface area contributed by atoms with Crippen molar-refractivity contribution in [2.75, 3.05) is 22.4 Å². The van der Waals surface area contributed by atoms with Crippen LogP contribution in [-0.4, -0.2) is 47.2 Å². The van der Waals surface area contributed by atoms with Gasteiger partial charge in [-0.3, -0.25) is 4.72 Å². The number of aromatic amines is 1. The van der Waals surface area contributed by atoms with E-state index in [2.05, 4.69) is 29.6 Å². The minimum absolute atomic E-state index is 0.113. The van der Waals surface area contributed by atoms with Gasteiger partial charge >= 0.3 is 0 Å². The lowest BCUT2D eigenvalue weighted by Crippen LogP contribution is -2.37. The molecule has 154 valence electrons. The third kappa shape index (κ3) is 4.62. The largest absolute Gasteiger partial charge is 0.356 e. The number of hydrogen-bond donors (Lipinski definition) is 2. The number of sulfonamides is 1. The predicted molar refractivity (Wildman–Crippen MR) is 115 cm³/mol. The SMILES string of the molecule is CN(c1ncnc2[nH]ccc12)[C@H]1CC[C@H](CS(=O)(=O)Nc2ccc(Cl)nc2)CC1. The number of fused-ring (bicyclic) bond motifs is 1. The van der Waals surface area contributed by atoms with Crippen molar-refractivity contribution in [2.24, 2.45) is 5.92 Å². The van der Waals surface area contributed by atoms with Gasteiger partial charge in [0.1, 0.15) is 22.9 Å². The Hall–Kier alpha value is -2.39. The minimum Gasteiger partial charge on any atom is -0.356 e. The summed E-state index contributed by atoms with van der Waals surface area (Å²) < 4.78 is 27.6. The van der Waals surface area contributed by atoms with Gasteiger partial charge in [0.05, 0.1) is 23.0 Å². The molecule has 0 spiro atoms. The van der Waals surface area contributed by atoms with Crippen LogP contribution in [0.15, 0.2) is 36.9 Å². The van der Waals surface area contributed by atoms with Crippen molar-refractivity contribution in [1.29, 1.82) is 0 Å². The van der Waals surface area contributed by atoms with Gasteiger partial charge in [-0.25, -0.2) is 23.4 Å². The fourth-order valence-electron chi connectivity index (χ4n) is 3.98. The molecule has 1 aliphatic carbocycles. The van der Waals surface area contributed by atoms with Gasteiger partial charge in [-0.05, 0) is 49.8 Å². The highest BCUT2D eigenvalue weighted by Crippen LogP contribution is 2.32. The third-order valence-corrected chi connectivity index (χ3v) is 7.17. The van der Waals surface area contributed by atoms with Gasteiger partial charge in [0.15, 0.2) is 0 Å². The van der Waals surface area contributed by atoms with Crippen LogP contribution < -0.4 is 9.62 Å². The highest BCUT2D eigenvalue weighted by Gasteiger charge is 2.28. The molecule has 3 aromatic rings. The Morgan fingerprint density at radius 2 is 1.97 bits per heavy atom. The Morgan fingerprint density at radius 3 is 2.69 bits per heavy atom. The maximum Gasteiger partial charge on any atom is 0.233 e. The van der Waals surface area contributed by atoms with Gasteiger partial charge in [-0.15, -0.1) is 0 Å². The molecule has 0 atom stereocenters. The summed E-state index contributed by atoms with van der Waals surface area (Å²) in [7, 11) is -1.38. The molecule has 0 saturated heterocycles. The number of nitrogens with one attached hydrogen (secondary N) is 2. The van der Waals surface area contributed by atoms with Gasteiger partial charge in [-0.1, -0.05) is 11.6 Å². The Bertz CT molecular complexity index is 1080. The first kappa shape index (κ1) is 19.9. The van der Waals surface area contributed by atoms with Crippen LogP contribution in [0.3, 0.4) is 0 Å². The van der Waals surface area contributed by atoms with E-state index in [1.165, 1.54) is 6.20 Å². The minimum atomic E-state index is -3.43. The summed E-state index contributed by atoms with van der Waals surface area (Å²) in [6.07, 6.45) is 8.42. The van der Waals surface area contributed by atoms with Crippen molar-refractivity contribution in [3.05, 3.63) is 42.1 Å². The van der Waals surface area contributed by atoms with Crippen LogP contribution >= 0.6 is 11.6 Å². The average Bonchev–Trinajstić information content (AvgIpc) is 3.18.